The van der Waals surface area contributed by atoms with Gasteiger partial charge in [-0.05, 0) is 19.9 Å². The summed E-state index contributed by atoms with van der Waals surface area (Å²) in [5, 5.41) is 6.69. The minimum absolute atomic E-state index is 0.0895. The van der Waals surface area contributed by atoms with Crippen LogP contribution in [-0.4, -0.2) is 42.6 Å². The highest BCUT2D eigenvalue weighted by atomic mass is 19.4. The Morgan fingerprint density at radius 2 is 2.11 bits per heavy atom. The molecular weight excluding hydrogens is 251 g/mol. The van der Waals surface area contributed by atoms with Gasteiger partial charge < -0.3 is 14.6 Å². The van der Waals surface area contributed by atoms with E-state index in [1.54, 1.807) is 6.92 Å². The minimum Gasteiger partial charge on any atom is -0.372 e. The molecule has 0 saturated carbocycles. The fourth-order valence-corrected chi connectivity index (χ4v) is 1.25. The highest BCUT2D eigenvalue weighted by Gasteiger charge is 2.27. The summed E-state index contributed by atoms with van der Waals surface area (Å²) in [4.78, 5) is 4.02. The molecule has 1 aromatic rings. The molecule has 1 aromatic heterocycles. The summed E-state index contributed by atoms with van der Waals surface area (Å²) in [6.45, 7) is 1.87. The lowest BCUT2D eigenvalue weighted by molar-refractivity contribution is -0.173. The first-order chi connectivity index (χ1) is 8.47. The van der Waals surface area contributed by atoms with Gasteiger partial charge in [0.05, 0.1) is 0 Å². The molecule has 1 rings (SSSR count). The molecule has 5 nitrogen and oxygen atoms in total. The number of aryl methyl sites for hydroxylation is 1. The number of ether oxygens (including phenoxy) is 1. The van der Waals surface area contributed by atoms with E-state index in [0.29, 0.717) is 37.6 Å². The molecule has 1 heterocycles. The predicted molar refractivity (Wildman–Crippen MR) is 57.1 cm³/mol. The Morgan fingerprint density at radius 1 is 1.33 bits per heavy atom. The molecule has 0 aliphatic carbocycles. The van der Waals surface area contributed by atoms with Crippen molar-refractivity contribution in [3.8, 4) is 0 Å². The highest BCUT2D eigenvalue weighted by Crippen LogP contribution is 2.14. The molecule has 0 radical (unpaired) electrons. The van der Waals surface area contributed by atoms with E-state index >= 15 is 0 Å². The van der Waals surface area contributed by atoms with E-state index < -0.39 is 12.8 Å². The summed E-state index contributed by atoms with van der Waals surface area (Å²) >= 11 is 0. The van der Waals surface area contributed by atoms with Crippen LogP contribution in [0.2, 0.25) is 0 Å². The van der Waals surface area contributed by atoms with E-state index in [9.17, 15) is 13.2 Å². The zero-order chi connectivity index (χ0) is 13.4. The van der Waals surface area contributed by atoms with E-state index in [0.717, 1.165) is 0 Å². The van der Waals surface area contributed by atoms with Gasteiger partial charge in [-0.25, -0.2) is 0 Å². The van der Waals surface area contributed by atoms with Crippen LogP contribution in [0.3, 0.4) is 0 Å². The Hall–Kier alpha value is -1.15. The molecule has 0 unspecified atom stereocenters. The van der Waals surface area contributed by atoms with Gasteiger partial charge in [-0.2, -0.15) is 18.2 Å². The largest absolute Gasteiger partial charge is 0.411 e. The molecule has 8 heteroatoms. The molecule has 0 spiro atoms. The normalized spacial score (nSPS) is 12.0. The first kappa shape index (κ1) is 14.9. The SMILES string of the molecule is Cc1noc(CCNCCCOCC(F)(F)F)n1. The average molecular weight is 267 g/mol. The fraction of sp³-hybridized carbons (Fsp3) is 0.800. The maximum Gasteiger partial charge on any atom is 0.411 e. The van der Waals surface area contributed by atoms with Gasteiger partial charge in [-0.1, -0.05) is 5.16 Å². The van der Waals surface area contributed by atoms with E-state index in [4.69, 9.17) is 4.52 Å². The first-order valence-electron chi connectivity index (χ1n) is 5.62. The molecule has 0 atom stereocenters. The maximum atomic E-state index is 11.7. The van der Waals surface area contributed by atoms with Crippen molar-refractivity contribution < 1.29 is 22.4 Å². The lowest BCUT2D eigenvalue weighted by Gasteiger charge is -2.07. The zero-order valence-electron chi connectivity index (χ0n) is 10.1. The Morgan fingerprint density at radius 3 is 2.72 bits per heavy atom. The summed E-state index contributed by atoms with van der Waals surface area (Å²) in [7, 11) is 0. The van der Waals surface area contributed by atoms with Gasteiger partial charge in [-0.15, -0.1) is 0 Å². The van der Waals surface area contributed by atoms with Crippen molar-refractivity contribution in [2.24, 2.45) is 0 Å². The highest BCUT2D eigenvalue weighted by molar-refractivity contribution is 4.83. The molecular formula is C10H16F3N3O2. The Labute approximate surface area is 103 Å². The van der Waals surface area contributed by atoms with E-state index in [-0.39, 0.29) is 6.61 Å². The van der Waals surface area contributed by atoms with Crippen molar-refractivity contribution in [3.05, 3.63) is 11.7 Å². The number of rotatable bonds is 8. The van der Waals surface area contributed by atoms with Crippen LogP contribution in [0, 0.1) is 6.92 Å². The van der Waals surface area contributed by atoms with Gasteiger partial charge in [0, 0.05) is 19.6 Å². The number of hydrogen-bond acceptors (Lipinski definition) is 5. The molecule has 0 fully saturated rings. The Kier molecular flexibility index (Phi) is 6.06. The summed E-state index contributed by atoms with van der Waals surface area (Å²) in [5.74, 6) is 1.14. The quantitative estimate of drug-likeness (QED) is 0.723. The van der Waals surface area contributed by atoms with Crippen LogP contribution < -0.4 is 5.32 Å². The molecule has 0 aliphatic rings. The number of hydrogen-bond donors (Lipinski definition) is 1. The van der Waals surface area contributed by atoms with Crippen LogP contribution >= 0.6 is 0 Å². The fourth-order valence-electron chi connectivity index (χ4n) is 1.25. The van der Waals surface area contributed by atoms with Crippen LogP contribution in [0.4, 0.5) is 13.2 Å². The molecule has 0 saturated heterocycles. The van der Waals surface area contributed by atoms with Gasteiger partial charge in [0.25, 0.3) is 0 Å². The molecule has 1 N–H and O–H groups in total. The van der Waals surface area contributed by atoms with E-state index in [1.165, 1.54) is 0 Å². The smallest absolute Gasteiger partial charge is 0.372 e. The maximum absolute atomic E-state index is 11.7. The lowest BCUT2D eigenvalue weighted by Crippen LogP contribution is -2.22. The summed E-state index contributed by atoms with van der Waals surface area (Å²) in [5.41, 5.74) is 0. The van der Waals surface area contributed by atoms with Gasteiger partial charge in [0.2, 0.25) is 5.89 Å². The van der Waals surface area contributed by atoms with E-state index in [2.05, 4.69) is 20.2 Å². The number of nitrogens with zero attached hydrogens (tertiary/aromatic N) is 2. The third-order valence-corrected chi connectivity index (χ3v) is 1.99. The van der Waals surface area contributed by atoms with Crippen LogP contribution in [0.15, 0.2) is 4.52 Å². The minimum atomic E-state index is -4.25. The molecule has 0 bridgehead atoms. The average Bonchev–Trinajstić information content (AvgIpc) is 2.67. The second kappa shape index (κ2) is 7.32. The van der Waals surface area contributed by atoms with Crippen LogP contribution in [0.1, 0.15) is 18.1 Å². The number of nitrogens with one attached hydrogen (secondary N) is 1. The predicted octanol–water partition coefficient (Wildman–Crippen LogP) is 1.48. The lowest BCUT2D eigenvalue weighted by atomic mass is 10.4. The molecule has 0 aliphatic heterocycles. The van der Waals surface area contributed by atoms with Crippen LogP contribution in [0.5, 0.6) is 0 Å². The van der Waals surface area contributed by atoms with Crippen molar-refractivity contribution in [2.75, 3.05) is 26.3 Å². The van der Waals surface area contributed by atoms with E-state index in [1.807, 2.05) is 0 Å². The van der Waals surface area contributed by atoms with Crippen molar-refractivity contribution in [3.63, 3.8) is 0 Å². The van der Waals surface area contributed by atoms with Gasteiger partial charge >= 0.3 is 6.18 Å². The number of aromatic nitrogens is 2. The molecule has 0 amide bonds. The van der Waals surface area contributed by atoms with Crippen LogP contribution in [-0.2, 0) is 11.2 Å². The zero-order valence-corrected chi connectivity index (χ0v) is 10.1. The van der Waals surface area contributed by atoms with Crippen LogP contribution in [0.25, 0.3) is 0 Å². The van der Waals surface area contributed by atoms with Crippen molar-refractivity contribution >= 4 is 0 Å². The van der Waals surface area contributed by atoms with Gasteiger partial charge in [0.1, 0.15) is 6.61 Å². The first-order valence-corrected chi connectivity index (χ1v) is 5.62. The second-order valence-electron chi connectivity index (χ2n) is 3.76. The van der Waals surface area contributed by atoms with Crippen molar-refractivity contribution in [1.82, 2.24) is 15.5 Å². The number of halogens is 3. The van der Waals surface area contributed by atoms with Gasteiger partial charge in [0.15, 0.2) is 5.82 Å². The summed E-state index contributed by atoms with van der Waals surface area (Å²) in [6, 6.07) is 0. The number of alkyl halides is 3. The molecule has 18 heavy (non-hydrogen) atoms. The third-order valence-electron chi connectivity index (χ3n) is 1.99. The third kappa shape index (κ3) is 7.23. The summed E-state index contributed by atoms with van der Waals surface area (Å²) < 4.78 is 44.5. The molecule has 104 valence electrons. The van der Waals surface area contributed by atoms with Gasteiger partial charge in [-0.3, -0.25) is 0 Å². The Balaban J connectivity index is 1.90. The topological polar surface area (TPSA) is 60.2 Å². The van der Waals surface area contributed by atoms with Crippen molar-refractivity contribution in [1.29, 1.82) is 0 Å². The second-order valence-corrected chi connectivity index (χ2v) is 3.76. The standard InChI is InChI=1S/C10H16F3N3O2/c1-8-15-9(18-16-8)3-5-14-4-2-6-17-7-10(11,12)13/h14H,2-7H2,1H3. The van der Waals surface area contributed by atoms with Crippen molar-refractivity contribution in [2.45, 2.75) is 25.9 Å². The monoisotopic (exact) mass is 267 g/mol. The molecule has 0 aromatic carbocycles. The summed E-state index contributed by atoms with van der Waals surface area (Å²) in [6.07, 6.45) is -3.12. The Bertz CT molecular complexity index is 341.